The van der Waals surface area contributed by atoms with Crippen molar-refractivity contribution in [3.8, 4) is 0 Å². The highest BCUT2D eigenvalue weighted by Crippen LogP contribution is 2.18. The average molecular weight is 403 g/mol. The highest BCUT2D eigenvalue weighted by Gasteiger charge is 2.28. The number of piperidine rings is 1. The van der Waals surface area contributed by atoms with Crippen molar-refractivity contribution in [2.24, 2.45) is 5.92 Å². The minimum atomic E-state index is 0.0779. The Bertz CT molecular complexity index is 770. The van der Waals surface area contributed by atoms with E-state index in [9.17, 15) is 9.59 Å². The second kappa shape index (κ2) is 8.83. The zero-order valence-corrected chi connectivity index (χ0v) is 16.8. The van der Waals surface area contributed by atoms with Crippen LogP contribution in [0.5, 0.6) is 0 Å². The molecule has 2 amide bonds. The number of carbonyl (C=O) groups is 2. The van der Waals surface area contributed by atoms with E-state index in [0.29, 0.717) is 38.6 Å². The van der Waals surface area contributed by atoms with E-state index in [4.69, 9.17) is 0 Å². The fourth-order valence-corrected chi connectivity index (χ4v) is 4.73. The number of hydrogen-bond donors (Lipinski definition) is 0. The molecule has 0 saturated carbocycles. The standard InChI is InChI=1S/C19H26N6O2S/c26-18(13-22-5-1-3-16(11-22)12-25-15-20-14-21-25)23-6-8-24(9-7-23)19(27)17-4-2-10-28-17/h2,4,10,14-16H,1,3,5-9,11-13H2. The van der Waals surface area contributed by atoms with E-state index >= 15 is 0 Å². The summed E-state index contributed by atoms with van der Waals surface area (Å²) in [6, 6.07) is 3.75. The number of piperazine rings is 1. The molecule has 2 saturated heterocycles. The van der Waals surface area contributed by atoms with E-state index in [0.717, 1.165) is 37.4 Å². The van der Waals surface area contributed by atoms with Crippen molar-refractivity contribution in [2.45, 2.75) is 19.4 Å². The maximum absolute atomic E-state index is 12.8. The lowest BCUT2D eigenvalue weighted by atomic mass is 9.98. The Balaban J connectivity index is 1.23. The summed E-state index contributed by atoms with van der Waals surface area (Å²) in [6.45, 7) is 5.66. The Morgan fingerprint density at radius 1 is 1.14 bits per heavy atom. The molecular formula is C19H26N6O2S. The first-order valence-electron chi connectivity index (χ1n) is 9.84. The van der Waals surface area contributed by atoms with Gasteiger partial charge in [-0.05, 0) is 36.8 Å². The van der Waals surface area contributed by atoms with E-state index < -0.39 is 0 Å². The van der Waals surface area contributed by atoms with Crippen LogP contribution >= 0.6 is 11.3 Å². The van der Waals surface area contributed by atoms with Gasteiger partial charge >= 0.3 is 0 Å². The van der Waals surface area contributed by atoms with Crippen LogP contribution in [0.2, 0.25) is 0 Å². The Hall–Kier alpha value is -2.26. The first kappa shape index (κ1) is 19.1. The monoisotopic (exact) mass is 402 g/mol. The summed E-state index contributed by atoms with van der Waals surface area (Å²) in [4.78, 5) is 36.0. The van der Waals surface area contributed by atoms with Crippen molar-refractivity contribution in [1.82, 2.24) is 29.5 Å². The number of hydrogen-bond acceptors (Lipinski definition) is 6. The van der Waals surface area contributed by atoms with Gasteiger partial charge in [0.25, 0.3) is 5.91 Å². The molecule has 0 spiro atoms. The van der Waals surface area contributed by atoms with Crippen molar-refractivity contribution >= 4 is 23.2 Å². The molecule has 0 radical (unpaired) electrons. The molecule has 2 aromatic heterocycles. The van der Waals surface area contributed by atoms with Crippen LogP contribution < -0.4 is 0 Å². The van der Waals surface area contributed by atoms with E-state index in [1.807, 2.05) is 32.0 Å². The molecule has 4 heterocycles. The summed E-state index contributed by atoms with van der Waals surface area (Å²) in [7, 11) is 0. The van der Waals surface area contributed by atoms with Crippen LogP contribution in [0.4, 0.5) is 0 Å². The molecule has 8 nitrogen and oxygen atoms in total. The number of amides is 2. The van der Waals surface area contributed by atoms with Crippen LogP contribution in [0, 0.1) is 5.92 Å². The Morgan fingerprint density at radius 2 is 1.96 bits per heavy atom. The molecule has 2 fully saturated rings. The SMILES string of the molecule is O=C(CN1CCCC(Cn2cncn2)C1)N1CCN(C(=O)c2cccs2)CC1. The predicted octanol–water partition coefficient (Wildman–Crippen LogP) is 1.04. The summed E-state index contributed by atoms with van der Waals surface area (Å²) in [6.07, 6.45) is 5.58. The van der Waals surface area contributed by atoms with E-state index in [2.05, 4.69) is 15.0 Å². The minimum absolute atomic E-state index is 0.0779. The topological polar surface area (TPSA) is 74.6 Å². The fraction of sp³-hybridized carbons (Fsp3) is 0.579. The third-order valence-electron chi connectivity index (χ3n) is 5.53. The van der Waals surface area contributed by atoms with Gasteiger partial charge in [0.05, 0.1) is 11.4 Å². The van der Waals surface area contributed by atoms with E-state index in [1.54, 1.807) is 12.7 Å². The van der Waals surface area contributed by atoms with Crippen LogP contribution in [0.25, 0.3) is 0 Å². The van der Waals surface area contributed by atoms with Crippen molar-refractivity contribution in [3.05, 3.63) is 35.0 Å². The number of aromatic nitrogens is 3. The largest absolute Gasteiger partial charge is 0.338 e. The van der Waals surface area contributed by atoms with Crippen LogP contribution in [0.1, 0.15) is 22.5 Å². The average Bonchev–Trinajstić information content (AvgIpc) is 3.42. The highest BCUT2D eigenvalue weighted by molar-refractivity contribution is 7.12. The van der Waals surface area contributed by atoms with Gasteiger partial charge < -0.3 is 9.80 Å². The van der Waals surface area contributed by atoms with Gasteiger partial charge in [-0.25, -0.2) is 4.98 Å². The summed E-state index contributed by atoms with van der Waals surface area (Å²) in [5.74, 6) is 0.752. The zero-order valence-electron chi connectivity index (χ0n) is 15.9. The van der Waals surface area contributed by atoms with Crippen LogP contribution in [-0.4, -0.2) is 87.1 Å². The third kappa shape index (κ3) is 4.59. The van der Waals surface area contributed by atoms with Crippen LogP contribution in [-0.2, 0) is 11.3 Å². The molecule has 1 unspecified atom stereocenters. The lowest BCUT2D eigenvalue weighted by Crippen LogP contribution is -2.53. The zero-order chi connectivity index (χ0) is 19.3. The van der Waals surface area contributed by atoms with Crippen LogP contribution in [0.15, 0.2) is 30.2 Å². The smallest absolute Gasteiger partial charge is 0.264 e. The Labute approximate surface area is 168 Å². The van der Waals surface area contributed by atoms with Gasteiger partial charge in [-0.1, -0.05) is 6.07 Å². The lowest BCUT2D eigenvalue weighted by Gasteiger charge is -2.37. The summed E-state index contributed by atoms with van der Waals surface area (Å²) in [5.41, 5.74) is 0. The summed E-state index contributed by atoms with van der Waals surface area (Å²) in [5, 5.41) is 6.11. The van der Waals surface area contributed by atoms with E-state index in [1.165, 1.54) is 11.3 Å². The molecule has 1 atom stereocenters. The molecule has 0 aliphatic carbocycles. The molecule has 2 aromatic rings. The summed E-state index contributed by atoms with van der Waals surface area (Å²) >= 11 is 1.47. The predicted molar refractivity (Wildman–Crippen MR) is 106 cm³/mol. The maximum atomic E-state index is 12.8. The van der Waals surface area contributed by atoms with Crippen molar-refractivity contribution < 1.29 is 9.59 Å². The molecule has 9 heteroatoms. The van der Waals surface area contributed by atoms with Gasteiger partial charge in [-0.3, -0.25) is 19.2 Å². The Kier molecular flexibility index (Phi) is 6.01. The molecule has 2 aliphatic rings. The molecule has 150 valence electrons. The lowest BCUT2D eigenvalue weighted by molar-refractivity contribution is -0.134. The van der Waals surface area contributed by atoms with Crippen LogP contribution in [0.3, 0.4) is 0 Å². The number of nitrogens with zero attached hydrogens (tertiary/aromatic N) is 6. The van der Waals surface area contributed by atoms with Gasteiger partial charge in [-0.15, -0.1) is 11.3 Å². The third-order valence-corrected chi connectivity index (χ3v) is 6.38. The van der Waals surface area contributed by atoms with Crippen molar-refractivity contribution in [3.63, 3.8) is 0 Å². The fourth-order valence-electron chi connectivity index (χ4n) is 4.04. The summed E-state index contributed by atoms with van der Waals surface area (Å²) < 4.78 is 1.87. The molecular weight excluding hydrogens is 376 g/mol. The van der Waals surface area contributed by atoms with Crippen molar-refractivity contribution in [2.75, 3.05) is 45.8 Å². The number of rotatable bonds is 5. The molecule has 2 aliphatic heterocycles. The first-order valence-corrected chi connectivity index (χ1v) is 10.7. The second-order valence-corrected chi connectivity index (χ2v) is 8.46. The van der Waals surface area contributed by atoms with Gasteiger partial charge in [0, 0.05) is 39.3 Å². The van der Waals surface area contributed by atoms with E-state index in [-0.39, 0.29) is 11.8 Å². The van der Waals surface area contributed by atoms with Crippen molar-refractivity contribution in [1.29, 1.82) is 0 Å². The molecule has 0 bridgehead atoms. The highest BCUT2D eigenvalue weighted by atomic mass is 32.1. The van der Waals surface area contributed by atoms with Gasteiger partial charge in [-0.2, -0.15) is 5.10 Å². The minimum Gasteiger partial charge on any atom is -0.338 e. The maximum Gasteiger partial charge on any atom is 0.264 e. The quantitative estimate of drug-likeness (QED) is 0.747. The van der Waals surface area contributed by atoms with Gasteiger partial charge in [0.1, 0.15) is 12.7 Å². The second-order valence-electron chi connectivity index (χ2n) is 7.51. The normalized spacial score (nSPS) is 21.1. The van der Waals surface area contributed by atoms with Gasteiger partial charge in [0.2, 0.25) is 5.91 Å². The molecule has 0 N–H and O–H groups in total. The first-order chi connectivity index (χ1) is 13.7. The Morgan fingerprint density at radius 3 is 2.68 bits per heavy atom. The molecule has 0 aromatic carbocycles. The molecule has 4 rings (SSSR count). The van der Waals surface area contributed by atoms with Gasteiger partial charge in [0.15, 0.2) is 0 Å². The number of thiophene rings is 1. The molecule has 28 heavy (non-hydrogen) atoms. The number of likely N-dealkylation sites (tertiary alicyclic amines) is 1. The number of carbonyl (C=O) groups excluding carboxylic acids is 2.